The number of rotatable bonds is 5. The Balaban J connectivity index is 1.42. The van der Waals surface area contributed by atoms with Gasteiger partial charge in [0.25, 0.3) is 5.91 Å². The predicted octanol–water partition coefficient (Wildman–Crippen LogP) is 4.99. The molecule has 164 valence electrons. The molecule has 1 fully saturated rings. The molecule has 0 aliphatic carbocycles. The van der Waals surface area contributed by atoms with Crippen LogP contribution in [0.5, 0.6) is 0 Å². The molecule has 1 atom stereocenters. The fourth-order valence-corrected chi connectivity index (χ4v) is 4.01. The molecule has 1 saturated heterocycles. The minimum absolute atomic E-state index is 0.125. The van der Waals surface area contributed by atoms with E-state index in [1.54, 1.807) is 4.90 Å². The van der Waals surface area contributed by atoms with E-state index in [0.29, 0.717) is 30.2 Å². The summed E-state index contributed by atoms with van der Waals surface area (Å²) in [5.74, 6) is 0.743. The molecular weight excluding hydrogens is 416 g/mol. The fraction of sp³-hybridized carbons (Fsp3) is 0.154. The van der Waals surface area contributed by atoms with Crippen LogP contribution in [0, 0.1) is 0 Å². The molecule has 7 heteroatoms. The van der Waals surface area contributed by atoms with E-state index < -0.39 is 6.04 Å². The van der Waals surface area contributed by atoms with E-state index in [2.05, 4.69) is 15.3 Å². The van der Waals surface area contributed by atoms with E-state index in [4.69, 9.17) is 9.36 Å². The minimum Gasteiger partial charge on any atom is -0.399 e. The van der Waals surface area contributed by atoms with Crippen molar-refractivity contribution in [2.24, 2.45) is 5.16 Å². The van der Waals surface area contributed by atoms with Gasteiger partial charge in [-0.15, -0.1) is 0 Å². The molecule has 4 aromatic rings. The molecule has 1 aliphatic rings. The van der Waals surface area contributed by atoms with Crippen molar-refractivity contribution in [2.45, 2.75) is 12.5 Å². The summed E-state index contributed by atoms with van der Waals surface area (Å²) in [7, 11) is 1.50. The molecule has 5 rings (SSSR count). The number of likely N-dealkylation sites (tertiary alicyclic amines) is 1. The van der Waals surface area contributed by atoms with E-state index in [0.717, 1.165) is 22.4 Å². The number of hydrogen-bond acceptors (Lipinski definition) is 6. The first-order valence-electron chi connectivity index (χ1n) is 10.7. The van der Waals surface area contributed by atoms with Crippen LogP contribution in [-0.4, -0.2) is 40.3 Å². The van der Waals surface area contributed by atoms with Gasteiger partial charge in [0.1, 0.15) is 13.2 Å². The Kier molecular flexibility index (Phi) is 5.68. The van der Waals surface area contributed by atoms with Gasteiger partial charge in [-0.1, -0.05) is 83.1 Å². The maximum atomic E-state index is 13.4. The second-order valence-electron chi connectivity index (χ2n) is 7.76. The highest BCUT2D eigenvalue weighted by molar-refractivity contribution is 6.00. The smallest absolute Gasteiger partial charge is 0.254 e. The van der Waals surface area contributed by atoms with Gasteiger partial charge in [-0.25, -0.2) is 0 Å². The summed E-state index contributed by atoms with van der Waals surface area (Å²) < 4.78 is 5.57. The van der Waals surface area contributed by atoms with Gasteiger partial charge in [-0.3, -0.25) is 4.79 Å². The molecule has 1 amide bonds. The number of oxime groups is 1. The molecule has 0 saturated carbocycles. The zero-order chi connectivity index (χ0) is 22.6. The number of hydrogen-bond donors (Lipinski definition) is 0. The molecular formula is C26H22N4O3. The molecule has 0 spiro atoms. The van der Waals surface area contributed by atoms with Gasteiger partial charge in [0.05, 0.1) is 12.3 Å². The van der Waals surface area contributed by atoms with Crippen LogP contribution in [0.1, 0.15) is 28.7 Å². The molecule has 0 bridgehead atoms. The summed E-state index contributed by atoms with van der Waals surface area (Å²) >= 11 is 0. The third-order valence-electron chi connectivity index (χ3n) is 5.64. The first-order chi connectivity index (χ1) is 16.2. The molecule has 1 aliphatic heterocycles. The summed E-state index contributed by atoms with van der Waals surface area (Å²) in [6, 6.07) is 26.8. The predicted molar refractivity (Wildman–Crippen MR) is 124 cm³/mol. The first kappa shape index (κ1) is 20.6. The van der Waals surface area contributed by atoms with E-state index in [-0.39, 0.29) is 5.91 Å². The van der Waals surface area contributed by atoms with Gasteiger partial charge in [0.2, 0.25) is 11.7 Å². The number of carbonyl (C=O) groups is 1. The second kappa shape index (κ2) is 9.08. The average molecular weight is 438 g/mol. The zero-order valence-corrected chi connectivity index (χ0v) is 18.1. The Labute approximate surface area is 191 Å². The SMILES string of the molecule is CO/N=C1\CC(c2nc(-c3ccccc3)no2)N(C(=O)c2ccc(-c3ccccc3)cc2)C1. The number of aromatic nitrogens is 2. The largest absolute Gasteiger partial charge is 0.399 e. The summed E-state index contributed by atoms with van der Waals surface area (Å²) in [6.45, 7) is 0.334. The lowest BCUT2D eigenvalue weighted by molar-refractivity contribution is 0.0713. The van der Waals surface area contributed by atoms with E-state index in [1.807, 2.05) is 84.9 Å². The Bertz CT molecular complexity index is 1270. The molecule has 7 nitrogen and oxygen atoms in total. The Morgan fingerprint density at radius 3 is 2.24 bits per heavy atom. The minimum atomic E-state index is -0.412. The lowest BCUT2D eigenvalue weighted by Gasteiger charge is -2.21. The molecule has 3 aromatic carbocycles. The van der Waals surface area contributed by atoms with Crippen molar-refractivity contribution >= 4 is 11.6 Å². The maximum absolute atomic E-state index is 13.4. The van der Waals surface area contributed by atoms with Crippen molar-refractivity contribution in [3.05, 3.63) is 96.4 Å². The number of benzene rings is 3. The van der Waals surface area contributed by atoms with Crippen LogP contribution >= 0.6 is 0 Å². The van der Waals surface area contributed by atoms with E-state index in [1.165, 1.54) is 7.11 Å². The summed E-state index contributed by atoms with van der Waals surface area (Å²) in [5.41, 5.74) is 4.34. The fourth-order valence-electron chi connectivity index (χ4n) is 4.01. The van der Waals surface area contributed by atoms with Gasteiger partial charge in [-0.05, 0) is 23.3 Å². The normalized spacial score (nSPS) is 16.8. The Hall–Kier alpha value is -4.26. The topological polar surface area (TPSA) is 80.8 Å². The number of amides is 1. The molecule has 0 N–H and O–H groups in total. The molecule has 33 heavy (non-hydrogen) atoms. The lowest BCUT2D eigenvalue weighted by atomic mass is 10.0. The van der Waals surface area contributed by atoms with Crippen molar-refractivity contribution in [1.82, 2.24) is 15.0 Å². The first-order valence-corrected chi connectivity index (χ1v) is 10.7. The summed E-state index contributed by atoms with van der Waals surface area (Å²) in [6.07, 6.45) is 0.470. The quantitative estimate of drug-likeness (QED) is 0.410. The maximum Gasteiger partial charge on any atom is 0.254 e. The van der Waals surface area contributed by atoms with Crippen LogP contribution in [0.4, 0.5) is 0 Å². The highest BCUT2D eigenvalue weighted by atomic mass is 16.6. The van der Waals surface area contributed by atoms with Gasteiger partial charge in [-0.2, -0.15) is 4.98 Å². The molecule has 1 aromatic heterocycles. The monoisotopic (exact) mass is 438 g/mol. The Morgan fingerprint density at radius 1 is 0.939 bits per heavy atom. The molecule has 1 unspecified atom stereocenters. The lowest BCUT2D eigenvalue weighted by Crippen LogP contribution is -2.31. The van der Waals surface area contributed by atoms with Crippen molar-refractivity contribution in [3.8, 4) is 22.5 Å². The Morgan fingerprint density at radius 2 is 1.58 bits per heavy atom. The number of nitrogens with zero attached hydrogens (tertiary/aromatic N) is 4. The van der Waals surface area contributed by atoms with Crippen LogP contribution in [-0.2, 0) is 4.84 Å². The van der Waals surface area contributed by atoms with Crippen LogP contribution in [0.15, 0.2) is 94.6 Å². The second-order valence-corrected chi connectivity index (χ2v) is 7.76. The standard InChI is InChI=1S/C26H22N4O3/c1-32-28-22-16-23(25-27-24(29-33-25)20-10-6-3-7-11-20)30(17-22)26(31)21-14-12-19(13-15-21)18-8-4-2-5-9-18/h2-15,23H,16-17H2,1H3/b28-22+. The molecule has 0 radical (unpaired) electrons. The van der Waals surface area contributed by atoms with Crippen molar-refractivity contribution in [1.29, 1.82) is 0 Å². The summed E-state index contributed by atoms with van der Waals surface area (Å²) in [4.78, 5) is 24.7. The van der Waals surface area contributed by atoms with Gasteiger partial charge in [0.15, 0.2) is 0 Å². The third kappa shape index (κ3) is 4.25. The van der Waals surface area contributed by atoms with Crippen molar-refractivity contribution in [2.75, 3.05) is 13.7 Å². The van der Waals surface area contributed by atoms with Crippen LogP contribution in [0.25, 0.3) is 22.5 Å². The van der Waals surface area contributed by atoms with Crippen molar-refractivity contribution < 1.29 is 14.2 Å². The van der Waals surface area contributed by atoms with Crippen molar-refractivity contribution in [3.63, 3.8) is 0 Å². The van der Waals surface area contributed by atoms with Gasteiger partial charge < -0.3 is 14.3 Å². The third-order valence-corrected chi connectivity index (χ3v) is 5.64. The van der Waals surface area contributed by atoms with E-state index >= 15 is 0 Å². The van der Waals surface area contributed by atoms with Gasteiger partial charge >= 0.3 is 0 Å². The van der Waals surface area contributed by atoms with Crippen LogP contribution in [0.3, 0.4) is 0 Å². The molecule has 2 heterocycles. The van der Waals surface area contributed by atoms with Crippen LogP contribution in [0.2, 0.25) is 0 Å². The highest BCUT2D eigenvalue weighted by Crippen LogP contribution is 2.33. The highest BCUT2D eigenvalue weighted by Gasteiger charge is 2.38. The van der Waals surface area contributed by atoms with E-state index in [9.17, 15) is 4.79 Å². The average Bonchev–Trinajstić information content (AvgIpc) is 3.53. The van der Waals surface area contributed by atoms with Gasteiger partial charge in [0, 0.05) is 17.5 Å². The van der Waals surface area contributed by atoms with Crippen LogP contribution < -0.4 is 0 Å². The summed E-state index contributed by atoms with van der Waals surface area (Å²) in [5, 5.41) is 8.20. The zero-order valence-electron chi connectivity index (χ0n) is 18.1. The number of carbonyl (C=O) groups excluding carboxylic acids is 1.